The summed E-state index contributed by atoms with van der Waals surface area (Å²) in [5.74, 6) is 0.632. The van der Waals surface area contributed by atoms with E-state index in [0.29, 0.717) is 5.92 Å². The maximum Gasteiger partial charge on any atom is 0.244 e. The lowest BCUT2D eigenvalue weighted by molar-refractivity contribution is -0.117. The van der Waals surface area contributed by atoms with Gasteiger partial charge in [-0.25, -0.2) is 4.68 Å². The molecule has 1 aromatic heterocycles. The zero-order chi connectivity index (χ0) is 16.4. The molecule has 1 saturated carbocycles. The second kappa shape index (κ2) is 6.41. The van der Waals surface area contributed by atoms with E-state index in [1.54, 1.807) is 6.08 Å². The summed E-state index contributed by atoms with van der Waals surface area (Å²) >= 11 is 0. The molecule has 1 atom stereocenters. The Labute approximate surface area is 137 Å². The minimum atomic E-state index is -0.0318. The molecule has 0 spiro atoms. The Morgan fingerprint density at radius 2 is 2.00 bits per heavy atom. The number of hydrogen-bond acceptors (Lipinski definition) is 2. The zero-order valence-corrected chi connectivity index (χ0v) is 13.9. The first-order valence-electron chi connectivity index (χ1n) is 8.16. The van der Waals surface area contributed by atoms with Crippen molar-refractivity contribution >= 4 is 12.0 Å². The molecule has 0 radical (unpaired) electrons. The van der Waals surface area contributed by atoms with Gasteiger partial charge in [0.25, 0.3) is 0 Å². The van der Waals surface area contributed by atoms with Crippen molar-refractivity contribution < 1.29 is 4.79 Å². The molecule has 1 unspecified atom stereocenters. The van der Waals surface area contributed by atoms with Crippen LogP contribution in [-0.2, 0) is 4.79 Å². The fraction of sp³-hybridized carbons (Fsp3) is 0.368. The highest BCUT2D eigenvalue weighted by Crippen LogP contribution is 2.32. The number of nitrogens with one attached hydrogen (secondary N) is 1. The summed E-state index contributed by atoms with van der Waals surface area (Å²) in [6.45, 7) is 6.07. The van der Waals surface area contributed by atoms with E-state index in [1.807, 2.05) is 54.9 Å². The predicted molar refractivity (Wildman–Crippen MR) is 92.4 cm³/mol. The van der Waals surface area contributed by atoms with Gasteiger partial charge in [0.2, 0.25) is 5.91 Å². The highest BCUT2D eigenvalue weighted by atomic mass is 16.1. The summed E-state index contributed by atoms with van der Waals surface area (Å²) in [6.07, 6.45) is 5.94. The van der Waals surface area contributed by atoms with E-state index in [2.05, 4.69) is 17.3 Å². The number of aryl methyl sites for hydroxylation is 1. The normalized spacial score (nSPS) is 15.8. The molecule has 4 heteroatoms. The van der Waals surface area contributed by atoms with E-state index in [4.69, 9.17) is 0 Å². The second-order valence-electron chi connectivity index (χ2n) is 6.30. The van der Waals surface area contributed by atoms with Gasteiger partial charge < -0.3 is 5.32 Å². The van der Waals surface area contributed by atoms with E-state index >= 15 is 0 Å². The quantitative estimate of drug-likeness (QED) is 0.860. The molecular formula is C19H23N3O. The van der Waals surface area contributed by atoms with Crippen LogP contribution >= 0.6 is 0 Å². The second-order valence-corrected chi connectivity index (χ2v) is 6.30. The SMILES string of the molecule is Cc1nn(-c2ccccc2)c(C)c1/C=C/C(=O)NC(C)C1CC1. The molecule has 1 aromatic carbocycles. The lowest BCUT2D eigenvalue weighted by Crippen LogP contribution is -2.32. The lowest BCUT2D eigenvalue weighted by atomic mass is 10.1. The maximum atomic E-state index is 12.0. The molecule has 1 amide bonds. The molecule has 1 fully saturated rings. The van der Waals surface area contributed by atoms with E-state index in [0.717, 1.165) is 22.6 Å². The fourth-order valence-electron chi connectivity index (χ4n) is 2.86. The van der Waals surface area contributed by atoms with Gasteiger partial charge in [0.15, 0.2) is 0 Å². The number of amides is 1. The highest BCUT2D eigenvalue weighted by molar-refractivity contribution is 5.92. The third-order valence-corrected chi connectivity index (χ3v) is 4.45. The molecule has 1 aliphatic rings. The van der Waals surface area contributed by atoms with Crippen LogP contribution in [0.5, 0.6) is 0 Å². The number of carbonyl (C=O) groups excluding carboxylic acids is 1. The van der Waals surface area contributed by atoms with E-state index in [9.17, 15) is 4.79 Å². The average molecular weight is 309 g/mol. The Morgan fingerprint density at radius 1 is 1.30 bits per heavy atom. The summed E-state index contributed by atoms with van der Waals surface area (Å²) in [5, 5.41) is 7.63. The summed E-state index contributed by atoms with van der Waals surface area (Å²) in [5.41, 5.74) is 3.99. The van der Waals surface area contributed by atoms with Gasteiger partial charge in [0.05, 0.1) is 11.4 Å². The van der Waals surface area contributed by atoms with Crippen molar-refractivity contribution in [3.05, 3.63) is 53.4 Å². The van der Waals surface area contributed by atoms with Crippen LogP contribution in [0.15, 0.2) is 36.4 Å². The first-order valence-corrected chi connectivity index (χ1v) is 8.16. The number of hydrogen-bond donors (Lipinski definition) is 1. The lowest BCUT2D eigenvalue weighted by Gasteiger charge is -2.10. The minimum Gasteiger partial charge on any atom is -0.350 e. The zero-order valence-electron chi connectivity index (χ0n) is 13.9. The molecule has 1 aliphatic carbocycles. The summed E-state index contributed by atoms with van der Waals surface area (Å²) in [7, 11) is 0. The molecule has 23 heavy (non-hydrogen) atoms. The Hall–Kier alpha value is -2.36. The first kappa shape index (κ1) is 15.5. The monoisotopic (exact) mass is 309 g/mol. The molecule has 0 saturated heterocycles. The molecule has 2 aromatic rings. The van der Waals surface area contributed by atoms with Crippen molar-refractivity contribution in [2.45, 2.75) is 39.7 Å². The largest absolute Gasteiger partial charge is 0.350 e. The standard InChI is InChI=1S/C19H23N3O/c1-13(16-9-10-16)20-19(23)12-11-18-14(2)21-22(15(18)3)17-7-5-4-6-8-17/h4-8,11-13,16H,9-10H2,1-3H3,(H,20,23)/b12-11+. The fourth-order valence-corrected chi connectivity index (χ4v) is 2.86. The molecule has 1 heterocycles. The van der Waals surface area contributed by atoms with Gasteiger partial charge >= 0.3 is 0 Å². The summed E-state index contributed by atoms with van der Waals surface area (Å²) in [6, 6.07) is 10.3. The Kier molecular flexibility index (Phi) is 4.33. The highest BCUT2D eigenvalue weighted by Gasteiger charge is 2.28. The van der Waals surface area contributed by atoms with Crippen LogP contribution in [0, 0.1) is 19.8 Å². The van der Waals surface area contributed by atoms with Crippen molar-refractivity contribution in [3.8, 4) is 5.69 Å². The summed E-state index contributed by atoms with van der Waals surface area (Å²) < 4.78 is 1.92. The van der Waals surface area contributed by atoms with E-state index < -0.39 is 0 Å². The number of aromatic nitrogens is 2. The van der Waals surface area contributed by atoms with Gasteiger partial charge in [-0.15, -0.1) is 0 Å². The maximum absolute atomic E-state index is 12.0. The van der Waals surface area contributed by atoms with Crippen LogP contribution in [0.1, 0.15) is 36.7 Å². The van der Waals surface area contributed by atoms with Gasteiger partial charge in [-0.2, -0.15) is 5.10 Å². The first-order chi connectivity index (χ1) is 11.1. The van der Waals surface area contributed by atoms with Crippen molar-refractivity contribution in [3.63, 3.8) is 0 Å². The molecule has 4 nitrogen and oxygen atoms in total. The van der Waals surface area contributed by atoms with Gasteiger partial charge in [0, 0.05) is 23.4 Å². The topological polar surface area (TPSA) is 46.9 Å². The van der Waals surface area contributed by atoms with Crippen LogP contribution in [0.3, 0.4) is 0 Å². The van der Waals surface area contributed by atoms with Gasteiger partial charge in [-0.05, 0) is 57.7 Å². The molecule has 0 bridgehead atoms. The van der Waals surface area contributed by atoms with Crippen LogP contribution in [0.4, 0.5) is 0 Å². The van der Waals surface area contributed by atoms with Crippen molar-refractivity contribution in [2.75, 3.05) is 0 Å². The van der Waals surface area contributed by atoms with Crippen molar-refractivity contribution in [1.29, 1.82) is 0 Å². The van der Waals surface area contributed by atoms with E-state index in [-0.39, 0.29) is 11.9 Å². The van der Waals surface area contributed by atoms with Crippen LogP contribution < -0.4 is 5.32 Å². The average Bonchev–Trinajstić information content (AvgIpc) is 3.34. The van der Waals surface area contributed by atoms with Gasteiger partial charge in [-0.1, -0.05) is 18.2 Å². The Morgan fingerprint density at radius 3 is 2.65 bits per heavy atom. The van der Waals surface area contributed by atoms with Gasteiger partial charge in [-0.3, -0.25) is 4.79 Å². The van der Waals surface area contributed by atoms with Crippen molar-refractivity contribution in [1.82, 2.24) is 15.1 Å². The molecule has 3 rings (SSSR count). The third kappa shape index (κ3) is 3.52. The smallest absolute Gasteiger partial charge is 0.244 e. The van der Waals surface area contributed by atoms with Gasteiger partial charge in [0.1, 0.15) is 0 Å². The molecule has 1 N–H and O–H groups in total. The van der Waals surface area contributed by atoms with Crippen LogP contribution in [0.25, 0.3) is 11.8 Å². The molecule has 0 aliphatic heterocycles. The predicted octanol–water partition coefficient (Wildman–Crippen LogP) is 3.42. The minimum absolute atomic E-state index is 0.0318. The number of benzene rings is 1. The Bertz CT molecular complexity index is 727. The van der Waals surface area contributed by atoms with E-state index in [1.165, 1.54) is 12.8 Å². The number of carbonyl (C=O) groups is 1. The number of nitrogens with zero attached hydrogens (tertiary/aromatic N) is 2. The summed E-state index contributed by atoms with van der Waals surface area (Å²) in [4.78, 5) is 12.0. The third-order valence-electron chi connectivity index (χ3n) is 4.45. The van der Waals surface area contributed by atoms with Crippen LogP contribution in [-0.4, -0.2) is 21.7 Å². The van der Waals surface area contributed by atoms with Crippen molar-refractivity contribution in [2.24, 2.45) is 5.92 Å². The Balaban J connectivity index is 1.76. The molecule has 120 valence electrons. The molecular weight excluding hydrogens is 286 g/mol. The van der Waals surface area contributed by atoms with Crippen LogP contribution in [0.2, 0.25) is 0 Å². The number of para-hydroxylation sites is 1. The number of rotatable bonds is 5.